The minimum absolute atomic E-state index is 0.0246. The molecule has 0 aliphatic rings. The van der Waals surface area contributed by atoms with E-state index in [1.807, 2.05) is 0 Å². The van der Waals surface area contributed by atoms with Crippen molar-refractivity contribution in [1.82, 2.24) is 4.72 Å². The first-order valence-electron chi connectivity index (χ1n) is 8.20. The predicted molar refractivity (Wildman–Crippen MR) is 97.2 cm³/mol. The molecule has 1 atom stereocenters. The lowest BCUT2D eigenvalue weighted by Crippen LogP contribution is -2.30. The number of esters is 1. The molecule has 0 saturated heterocycles. The minimum atomic E-state index is -3.66. The van der Waals surface area contributed by atoms with Gasteiger partial charge in [0.15, 0.2) is 6.10 Å². The summed E-state index contributed by atoms with van der Waals surface area (Å²) in [7, 11) is -3.66. The Morgan fingerprint density at radius 3 is 2.32 bits per heavy atom. The zero-order valence-corrected chi connectivity index (χ0v) is 15.8. The molecule has 2 rings (SSSR count). The highest BCUT2D eigenvalue weighted by molar-refractivity contribution is 7.89. The van der Waals surface area contributed by atoms with Gasteiger partial charge in [-0.2, -0.15) is 0 Å². The maximum Gasteiger partial charge on any atom is 0.338 e. The number of rotatable bonds is 7. The summed E-state index contributed by atoms with van der Waals surface area (Å²) in [5.74, 6) is -3.45. The summed E-state index contributed by atoms with van der Waals surface area (Å²) in [6.07, 6.45) is -1.28. The second-order valence-corrected chi connectivity index (χ2v) is 7.45. The second kappa shape index (κ2) is 8.89. The van der Waals surface area contributed by atoms with E-state index in [-0.39, 0.29) is 22.7 Å². The highest BCUT2D eigenvalue weighted by Crippen LogP contribution is 2.16. The molecule has 1 amide bonds. The van der Waals surface area contributed by atoms with E-state index >= 15 is 0 Å². The number of carbonyl (C=O) groups excluding carboxylic acids is 2. The van der Waals surface area contributed by atoms with Gasteiger partial charge in [-0.3, -0.25) is 4.79 Å². The number of ether oxygens (including phenoxy) is 1. The van der Waals surface area contributed by atoms with E-state index in [0.29, 0.717) is 6.07 Å². The van der Waals surface area contributed by atoms with Crippen molar-refractivity contribution in [1.29, 1.82) is 0 Å². The zero-order valence-electron chi connectivity index (χ0n) is 15.0. The summed E-state index contributed by atoms with van der Waals surface area (Å²) in [4.78, 5) is 24.1. The van der Waals surface area contributed by atoms with Crippen LogP contribution in [0.1, 0.15) is 24.2 Å². The van der Waals surface area contributed by atoms with Crippen LogP contribution in [0.5, 0.6) is 0 Å². The first-order valence-corrected chi connectivity index (χ1v) is 9.69. The Bertz CT molecular complexity index is 978. The molecule has 7 nitrogen and oxygen atoms in total. The van der Waals surface area contributed by atoms with Gasteiger partial charge in [-0.05, 0) is 43.3 Å². The molecule has 2 aromatic rings. The summed E-state index contributed by atoms with van der Waals surface area (Å²) < 4.78 is 57.5. The largest absolute Gasteiger partial charge is 0.449 e. The number of halogens is 2. The van der Waals surface area contributed by atoms with Gasteiger partial charge >= 0.3 is 5.97 Å². The van der Waals surface area contributed by atoms with Crippen LogP contribution in [0.25, 0.3) is 0 Å². The lowest BCUT2D eigenvalue weighted by molar-refractivity contribution is -0.123. The number of anilines is 1. The highest BCUT2D eigenvalue weighted by Gasteiger charge is 2.21. The van der Waals surface area contributed by atoms with Crippen molar-refractivity contribution in [2.75, 3.05) is 11.9 Å². The third-order valence-electron chi connectivity index (χ3n) is 3.58. The van der Waals surface area contributed by atoms with E-state index in [1.54, 1.807) is 6.92 Å². The maximum absolute atomic E-state index is 13.6. The molecule has 150 valence electrons. The van der Waals surface area contributed by atoms with Gasteiger partial charge in [0.1, 0.15) is 11.6 Å². The lowest BCUT2D eigenvalue weighted by atomic mass is 10.2. The molecule has 0 aromatic heterocycles. The monoisotopic (exact) mass is 412 g/mol. The fraction of sp³-hybridized carbons (Fsp3) is 0.222. The van der Waals surface area contributed by atoms with Crippen molar-refractivity contribution in [3.63, 3.8) is 0 Å². The van der Waals surface area contributed by atoms with Crippen LogP contribution in [0.15, 0.2) is 47.4 Å². The van der Waals surface area contributed by atoms with Gasteiger partial charge in [0.2, 0.25) is 10.0 Å². The van der Waals surface area contributed by atoms with E-state index in [0.717, 1.165) is 12.1 Å². The van der Waals surface area contributed by atoms with Gasteiger partial charge in [-0.1, -0.05) is 6.92 Å². The van der Waals surface area contributed by atoms with Crippen molar-refractivity contribution in [2.45, 2.75) is 24.8 Å². The Kier molecular flexibility index (Phi) is 6.81. The SMILES string of the molecule is CCNS(=O)(=O)c1ccc(C(=O)O[C@H](C)C(=O)Nc2ccc(F)cc2F)cc1. The molecule has 0 saturated carbocycles. The van der Waals surface area contributed by atoms with Crippen LogP contribution in [-0.4, -0.2) is 32.9 Å². The van der Waals surface area contributed by atoms with Crippen LogP contribution in [0.3, 0.4) is 0 Å². The van der Waals surface area contributed by atoms with E-state index in [9.17, 15) is 26.8 Å². The average molecular weight is 412 g/mol. The van der Waals surface area contributed by atoms with E-state index in [2.05, 4.69) is 10.0 Å². The van der Waals surface area contributed by atoms with Crippen LogP contribution >= 0.6 is 0 Å². The molecule has 0 unspecified atom stereocenters. The normalized spacial score (nSPS) is 12.3. The third-order valence-corrected chi connectivity index (χ3v) is 5.14. The Morgan fingerprint density at radius 1 is 1.11 bits per heavy atom. The van der Waals surface area contributed by atoms with Crippen molar-refractivity contribution >= 4 is 27.6 Å². The maximum atomic E-state index is 13.6. The van der Waals surface area contributed by atoms with Crippen LogP contribution in [0, 0.1) is 11.6 Å². The molecule has 0 aliphatic heterocycles. The summed E-state index contributed by atoms with van der Waals surface area (Å²) in [5, 5.41) is 2.19. The Labute approximate surface area is 160 Å². The Morgan fingerprint density at radius 2 is 1.75 bits per heavy atom. The number of benzene rings is 2. The van der Waals surface area contributed by atoms with Gasteiger partial charge in [-0.15, -0.1) is 0 Å². The summed E-state index contributed by atoms with van der Waals surface area (Å²) in [5.41, 5.74) is -0.227. The molecule has 0 radical (unpaired) electrons. The van der Waals surface area contributed by atoms with E-state index in [4.69, 9.17) is 4.74 Å². The van der Waals surface area contributed by atoms with Gasteiger partial charge in [0, 0.05) is 12.6 Å². The smallest absolute Gasteiger partial charge is 0.338 e. The first-order chi connectivity index (χ1) is 13.1. The number of amides is 1. The number of carbonyl (C=O) groups is 2. The van der Waals surface area contributed by atoms with Gasteiger partial charge < -0.3 is 10.1 Å². The minimum Gasteiger partial charge on any atom is -0.449 e. The zero-order chi connectivity index (χ0) is 20.9. The van der Waals surface area contributed by atoms with E-state index < -0.39 is 39.6 Å². The van der Waals surface area contributed by atoms with Crippen LogP contribution in [0.4, 0.5) is 14.5 Å². The molecular formula is C18H18F2N2O5S. The van der Waals surface area contributed by atoms with Gasteiger partial charge in [0.05, 0.1) is 16.1 Å². The fourth-order valence-corrected chi connectivity index (χ4v) is 3.19. The van der Waals surface area contributed by atoms with Crippen molar-refractivity contribution in [3.05, 3.63) is 59.7 Å². The summed E-state index contributed by atoms with van der Waals surface area (Å²) in [6, 6.07) is 7.57. The molecular weight excluding hydrogens is 394 g/mol. The molecule has 0 heterocycles. The molecule has 28 heavy (non-hydrogen) atoms. The van der Waals surface area contributed by atoms with Crippen molar-refractivity contribution in [3.8, 4) is 0 Å². The molecule has 2 aromatic carbocycles. The predicted octanol–water partition coefficient (Wildman–Crippen LogP) is 2.45. The van der Waals surface area contributed by atoms with E-state index in [1.165, 1.54) is 31.2 Å². The number of hydrogen-bond donors (Lipinski definition) is 2. The topological polar surface area (TPSA) is 102 Å². The molecule has 2 N–H and O–H groups in total. The molecule has 0 aliphatic carbocycles. The average Bonchev–Trinajstić information content (AvgIpc) is 2.64. The molecule has 0 bridgehead atoms. The number of sulfonamides is 1. The number of nitrogens with one attached hydrogen (secondary N) is 2. The van der Waals surface area contributed by atoms with Crippen LogP contribution in [-0.2, 0) is 19.6 Å². The van der Waals surface area contributed by atoms with Crippen LogP contribution in [0.2, 0.25) is 0 Å². The second-order valence-electron chi connectivity index (χ2n) is 5.69. The summed E-state index contributed by atoms with van der Waals surface area (Å²) in [6.45, 7) is 3.12. The fourth-order valence-electron chi connectivity index (χ4n) is 2.15. The summed E-state index contributed by atoms with van der Waals surface area (Å²) >= 11 is 0. The Balaban J connectivity index is 2.02. The number of hydrogen-bond acceptors (Lipinski definition) is 5. The quantitative estimate of drug-likeness (QED) is 0.681. The first kappa shape index (κ1) is 21.5. The van der Waals surface area contributed by atoms with Crippen molar-refractivity contribution < 1.29 is 31.5 Å². The van der Waals surface area contributed by atoms with Crippen LogP contribution < -0.4 is 10.0 Å². The Hall–Kier alpha value is -2.85. The standard InChI is InChI=1S/C18H18F2N2O5S/c1-3-21-28(25,26)14-7-4-12(5-8-14)18(24)27-11(2)17(23)22-16-9-6-13(19)10-15(16)20/h4-11,21H,3H2,1-2H3,(H,22,23)/t11-/m1/s1. The highest BCUT2D eigenvalue weighted by atomic mass is 32.2. The molecule has 0 spiro atoms. The van der Waals surface area contributed by atoms with Crippen molar-refractivity contribution in [2.24, 2.45) is 0 Å². The lowest BCUT2D eigenvalue weighted by Gasteiger charge is -2.14. The van der Waals surface area contributed by atoms with Gasteiger partial charge in [-0.25, -0.2) is 26.7 Å². The molecule has 0 fully saturated rings. The molecule has 10 heteroatoms. The third kappa shape index (κ3) is 5.33. The van der Waals surface area contributed by atoms with Gasteiger partial charge in [0.25, 0.3) is 5.91 Å².